The number of aromatic carboxylic acids is 1. The fourth-order valence-corrected chi connectivity index (χ4v) is 2.83. The normalized spacial score (nSPS) is 18.0. The molecule has 2 aromatic rings. The maximum atomic E-state index is 13.4. The number of nitrogens with zero attached hydrogens (tertiary/aromatic N) is 1. The topological polar surface area (TPSA) is 59.0 Å². The van der Waals surface area contributed by atoms with Crippen molar-refractivity contribution in [1.29, 1.82) is 0 Å². The van der Waals surface area contributed by atoms with E-state index in [0.29, 0.717) is 32.1 Å². The zero-order valence-corrected chi connectivity index (χ0v) is 13.7. The molecule has 0 spiro atoms. The van der Waals surface area contributed by atoms with Crippen LogP contribution in [0.2, 0.25) is 0 Å². The largest absolute Gasteiger partial charge is 0.492 e. The van der Waals surface area contributed by atoms with Crippen LogP contribution in [-0.2, 0) is 4.74 Å². The van der Waals surface area contributed by atoms with Crippen molar-refractivity contribution in [3.05, 3.63) is 65.5 Å². The van der Waals surface area contributed by atoms with Gasteiger partial charge in [-0.05, 0) is 35.9 Å². The van der Waals surface area contributed by atoms with Crippen molar-refractivity contribution in [3.63, 3.8) is 0 Å². The average Bonchev–Trinajstić information content (AvgIpc) is 2.62. The van der Waals surface area contributed by atoms with Gasteiger partial charge in [0.05, 0.1) is 18.3 Å². The zero-order valence-electron chi connectivity index (χ0n) is 13.7. The minimum Gasteiger partial charge on any atom is -0.492 e. The molecule has 0 aliphatic carbocycles. The first-order valence-corrected chi connectivity index (χ1v) is 8.17. The van der Waals surface area contributed by atoms with Crippen LogP contribution in [0.3, 0.4) is 0 Å². The molecule has 5 nitrogen and oxygen atoms in total. The minimum atomic E-state index is -0.975. The van der Waals surface area contributed by atoms with E-state index in [2.05, 4.69) is 4.90 Å². The van der Waals surface area contributed by atoms with E-state index in [1.54, 1.807) is 18.2 Å². The number of carboxylic acids is 1. The highest BCUT2D eigenvalue weighted by Gasteiger charge is 2.22. The third kappa shape index (κ3) is 4.78. The molecule has 0 radical (unpaired) electrons. The van der Waals surface area contributed by atoms with E-state index in [9.17, 15) is 9.18 Å². The number of hydrogen-bond acceptors (Lipinski definition) is 4. The number of morpholine rings is 1. The Kier molecular flexibility index (Phi) is 5.63. The summed E-state index contributed by atoms with van der Waals surface area (Å²) in [6.07, 6.45) is -0.153. The molecule has 0 bridgehead atoms. The number of ether oxygens (including phenoxy) is 2. The quantitative estimate of drug-likeness (QED) is 0.872. The molecule has 1 heterocycles. The molecule has 0 amide bonds. The van der Waals surface area contributed by atoms with E-state index in [4.69, 9.17) is 14.6 Å². The van der Waals surface area contributed by atoms with Crippen LogP contribution in [-0.4, -0.2) is 48.8 Å². The fourth-order valence-electron chi connectivity index (χ4n) is 2.83. The SMILES string of the molecule is O=C(O)c1cccc(OCCN2CCOC(c3cccc(F)c3)C2)c1. The van der Waals surface area contributed by atoms with E-state index >= 15 is 0 Å². The molecule has 6 heteroatoms. The van der Waals surface area contributed by atoms with Gasteiger partial charge in [-0.1, -0.05) is 18.2 Å². The van der Waals surface area contributed by atoms with Crippen LogP contribution in [0.4, 0.5) is 4.39 Å². The van der Waals surface area contributed by atoms with Gasteiger partial charge in [0.15, 0.2) is 0 Å². The molecule has 1 saturated heterocycles. The summed E-state index contributed by atoms with van der Waals surface area (Å²) in [6.45, 7) is 3.16. The van der Waals surface area contributed by atoms with Gasteiger partial charge in [0.2, 0.25) is 0 Å². The van der Waals surface area contributed by atoms with E-state index in [1.807, 2.05) is 6.07 Å². The Morgan fingerprint density at radius 2 is 2.12 bits per heavy atom. The monoisotopic (exact) mass is 345 g/mol. The molecule has 132 valence electrons. The number of hydrogen-bond donors (Lipinski definition) is 1. The third-order valence-corrected chi connectivity index (χ3v) is 4.13. The molecular weight excluding hydrogens is 325 g/mol. The number of rotatable bonds is 6. The van der Waals surface area contributed by atoms with Gasteiger partial charge in [-0.2, -0.15) is 0 Å². The number of benzene rings is 2. The summed E-state index contributed by atoms with van der Waals surface area (Å²) in [5.41, 5.74) is 1.04. The lowest BCUT2D eigenvalue weighted by atomic mass is 10.1. The van der Waals surface area contributed by atoms with E-state index in [1.165, 1.54) is 24.3 Å². The molecule has 1 N–H and O–H groups in total. The predicted molar refractivity (Wildman–Crippen MR) is 90.4 cm³/mol. The standard InChI is InChI=1S/C19H20FNO4/c20-16-5-1-3-14(11-16)18-13-21(8-10-25-18)7-9-24-17-6-2-4-15(12-17)19(22)23/h1-6,11-12,18H,7-10,13H2,(H,22,23). The lowest BCUT2D eigenvalue weighted by Crippen LogP contribution is -2.40. The summed E-state index contributed by atoms with van der Waals surface area (Å²) in [6, 6.07) is 12.9. The van der Waals surface area contributed by atoms with Gasteiger partial charge in [-0.15, -0.1) is 0 Å². The van der Waals surface area contributed by atoms with Crippen LogP contribution in [0.15, 0.2) is 48.5 Å². The van der Waals surface area contributed by atoms with Crippen molar-refractivity contribution in [2.75, 3.05) is 32.8 Å². The van der Waals surface area contributed by atoms with Gasteiger partial charge in [0.1, 0.15) is 18.2 Å². The van der Waals surface area contributed by atoms with Gasteiger partial charge < -0.3 is 14.6 Å². The van der Waals surface area contributed by atoms with E-state index in [-0.39, 0.29) is 17.5 Å². The van der Waals surface area contributed by atoms with Crippen LogP contribution >= 0.6 is 0 Å². The highest BCUT2D eigenvalue weighted by atomic mass is 19.1. The highest BCUT2D eigenvalue weighted by molar-refractivity contribution is 5.87. The van der Waals surface area contributed by atoms with Crippen molar-refractivity contribution in [2.45, 2.75) is 6.10 Å². The Bertz CT molecular complexity index is 737. The Balaban J connectivity index is 1.51. The molecular formula is C19H20FNO4. The van der Waals surface area contributed by atoms with Crippen molar-refractivity contribution < 1.29 is 23.8 Å². The summed E-state index contributed by atoms with van der Waals surface area (Å²) in [7, 11) is 0. The van der Waals surface area contributed by atoms with Gasteiger partial charge in [0.25, 0.3) is 0 Å². The van der Waals surface area contributed by atoms with Crippen LogP contribution in [0.1, 0.15) is 22.0 Å². The van der Waals surface area contributed by atoms with Gasteiger partial charge >= 0.3 is 5.97 Å². The van der Waals surface area contributed by atoms with Crippen molar-refractivity contribution in [3.8, 4) is 5.75 Å². The van der Waals surface area contributed by atoms with E-state index < -0.39 is 5.97 Å². The molecule has 0 aromatic heterocycles. The van der Waals surface area contributed by atoms with Crippen LogP contribution in [0.25, 0.3) is 0 Å². The average molecular weight is 345 g/mol. The summed E-state index contributed by atoms with van der Waals surface area (Å²) >= 11 is 0. The molecule has 1 atom stereocenters. The van der Waals surface area contributed by atoms with Crippen LogP contribution in [0, 0.1) is 5.82 Å². The second-order valence-corrected chi connectivity index (χ2v) is 5.90. The highest BCUT2D eigenvalue weighted by Crippen LogP contribution is 2.22. The maximum Gasteiger partial charge on any atom is 0.335 e. The molecule has 1 fully saturated rings. The van der Waals surface area contributed by atoms with Gasteiger partial charge in [0, 0.05) is 19.6 Å². The number of halogens is 1. The second kappa shape index (κ2) is 8.09. The van der Waals surface area contributed by atoms with Crippen LogP contribution < -0.4 is 4.74 Å². The van der Waals surface area contributed by atoms with E-state index in [0.717, 1.165) is 12.1 Å². The molecule has 2 aromatic carbocycles. The lowest BCUT2D eigenvalue weighted by molar-refractivity contribution is -0.0330. The van der Waals surface area contributed by atoms with Gasteiger partial charge in [-0.25, -0.2) is 9.18 Å². The summed E-state index contributed by atoms with van der Waals surface area (Å²) < 4.78 is 24.8. The summed E-state index contributed by atoms with van der Waals surface area (Å²) in [5, 5.41) is 8.99. The molecule has 3 rings (SSSR count). The summed E-state index contributed by atoms with van der Waals surface area (Å²) in [5.74, 6) is -0.703. The predicted octanol–water partition coefficient (Wildman–Crippen LogP) is 2.98. The first-order valence-electron chi connectivity index (χ1n) is 8.17. The molecule has 1 aliphatic heterocycles. The summed E-state index contributed by atoms with van der Waals surface area (Å²) in [4.78, 5) is 13.2. The number of carbonyl (C=O) groups is 1. The zero-order chi connectivity index (χ0) is 17.6. The Hall–Kier alpha value is -2.44. The minimum absolute atomic E-state index is 0.153. The first kappa shape index (κ1) is 17.4. The second-order valence-electron chi connectivity index (χ2n) is 5.90. The maximum absolute atomic E-state index is 13.4. The molecule has 1 unspecified atom stereocenters. The molecule has 25 heavy (non-hydrogen) atoms. The third-order valence-electron chi connectivity index (χ3n) is 4.13. The molecule has 1 aliphatic rings. The lowest BCUT2D eigenvalue weighted by Gasteiger charge is -2.33. The first-order chi connectivity index (χ1) is 12.1. The Morgan fingerprint density at radius 1 is 1.28 bits per heavy atom. The van der Waals surface area contributed by atoms with Crippen molar-refractivity contribution in [2.24, 2.45) is 0 Å². The fraction of sp³-hybridized carbons (Fsp3) is 0.316. The van der Waals surface area contributed by atoms with Crippen LogP contribution in [0.5, 0.6) is 5.75 Å². The Morgan fingerprint density at radius 3 is 2.92 bits per heavy atom. The van der Waals surface area contributed by atoms with Crippen molar-refractivity contribution in [1.82, 2.24) is 4.90 Å². The van der Waals surface area contributed by atoms with Crippen molar-refractivity contribution >= 4 is 5.97 Å². The molecule has 0 saturated carbocycles. The number of carboxylic acid groups (broad SMARTS) is 1. The Labute approximate surface area is 145 Å². The smallest absolute Gasteiger partial charge is 0.335 e. The van der Waals surface area contributed by atoms with Gasteiger partial charge in [-0.3, -0.25) is 4.90 Å².